The molecule has 0 aromatic carbocycles. The van der Waals surface area contributed by atoms with Crippen LogP contribution in [-0.4, -0.2) is 28.3 Å². The molecule has 0 heterocycles. The number of unbranched alkanes of at least 4 members (excludes halogenated alkanes) is 1. The molecule has 9 heavy (non-hydrogen) atoms. The lowest BCUT2D eigenvalue weighted by molar-refractivity contribution is 0.0865. The summed E-state index contributed by atoms with van der Waals surface area (Å²) in [5.41, 5.74) is 0. The van der Waals surface area contributed by atoms with Gasteiger partial charge >= 0.3 is 0 Å². The predicted octanol–water partition coefficient (Wildman–Crippen LogP) is 0.905. The zero-order chi connectivity index (χ0) is 7.11. The molecule has 56 valence electrons. The highest BCUT2D eigenvalue weighted by atomic mass is 79.9. The fourth-order valence-electron chi connectivity index (χ4n) is 0.566. The second kappa shape index (κ2) is 6.52. The van der Waals surface area contributed by atoms with Crippen LogP contribution >= 0.6 is 15.9 Å². The van der Waals surface area contributed by atoms with Crippen molar-refractivity contribution in [2.75, 3.05) is 11.9 Å². The van der Waals surface area contributed by atoms with Gasteiger partial charge < -0.3 is 10.2 Å². The molecule has 0 aliphatic rings. The first-order valence-electron chi connectivity index (χ1n) is 3.16. The highest BCUT2D eigenvalue weighted by Gasteiger charge is 1.99. The minimum Gasteiger partial charge on any atom is -0.394 e. The summed E-state index contributed by atoms with van der Waals surface area (Å²) in [4.78, 5) is 0. The van der Waals surface area contributed by atoms with Gasteiger partial charge in [0.1, 0.15) is 0 Å². The minimum atomic E-state index is -0.510. The van der Waals surface area contributed by atoms with Crippen LogP contribution in [-0.2, 0) is 0 Å². The topological polar surface area (TPSA) is 40.5 Å². The fraction of sp³-hybridized carbons (Fsp3) is 1.00. The van der Waals surface area contributed by atoms with E-state index in [-0.39, 0.29) is 6.61 Å². The van der Waals surface area contributed by atoms with Gasteiger partial charge in [0.05, 0.1) is 12.7 Å². The van der Waals surface area contributed by atoms with Crippen LogP contribution in [0.2, 0.25) is 0 Å². The van der Waals surface area contributed by atoms with E-state index in [1.54, 1.807) is 0 Å². The van der Waals surface area contributed by atoms with Crippen molar-refractivity contribution in [3.8, 4) is 0 Å². The summed E-state index contributed by atoms with van der Waals surface area (Å²) in [6.07, 6.45) is 2.25. The van der Waals surface area contributed by atoms with Gasteiger partial charge in [-0.15, -0.1) is 0 Å². The molecule has 2 nitrogen and oxygen atoms in total. The van der Waals surface area contributed by atoms with Crippen LogP contribution in [0.5, 0.6) is 0 Å². The summed E-state index contributed by atoms with van der Waals surface area (Å²) in [5.74, 6) is 0. The van der Waals surface area contributed by atoms with E-state index in [1.165, 1.54) is 0 Å². The Hall–Kier alpha value is 0.400. The Labute approximate surface area is 64.0 Å². The van der Waals surface area contributed by atoms with Gasteiger partial charge in [-0.1, -0.05) is 15.9 Å². The average molecular weight is 197 g/mol. The van der Waals surface area contributed by atoms with Gasteiger partial charge in [-0.3, -0.25) is 0 Å². The van der Waals surface area contributed by atoms with Gasteiger partial charge in [0.15, 0.2) is 0 Å². The van der Waals surface area contributed by atoms with Gasteiger partial charge in [-0.2, -0.15) is 0 Å². The number of aliphatic hydroxyl groups excluding tert-OH is 2. The van der Waals surface area contributed by atoms with Crippen LogP contribution in [0.1, 0.15) is 19.3 Å². The maximum atomic E-state index is 8.82. The Morgan fingerprint density at radius 1 is 1.33 bits per heavy atom. The van der Waals surface area contributed by atoms with Gasteiger partial charge in [0, 0.05) is 5.33 Å². The first kappa shape index (κ1) is 9.40. The lowest BCUT2D eigenvalue weighted by Crippen LogP contribution is -2.11. The third-order valence-electron chi connectivity index (χ3n) is 1.13. The molecule has 0 aliphatic heterocycles. The first-order chi connectivity index (χ1) is 4.31. The van der Waals surface area contributed by atoms with E-state index in [1.807, 2.05) is 0 Å². The van der Waals surface area contributed by atoms with Crippen LogP contribution in [0.4, 0.5) is 0 Å². The van der Waals surface area contributed by atoms with E-state index in [0.29, 0.717) is 6.42 Å². The molecule has 0 saturated heterocycles. The highest BCUT2D eigenvalue weighted by Crippen LogP contribution is 2.01. The van der Waals surface area contributed by atoms with E-state index in [9.17, 15) is 0 Å². The molecule has 3 heteroatoms. The molecule has 0 fully saturated rings. The lowest BCUT2D eigenvalue weighted by Gasteiger charge is -2.03. The van der Waals surface area contributed by atoms with Gasteiger partial charge in [-0.25, -0.2) is 0 Å². The summed E-state index contributed by atoms with van der Waals surface area (Å²) in [7, 11) is 0. The fourth-order valence-corrected chi connectivity index (χ4v) is 0.962. The number of aliphatic hydroxyl groups is 2. The van der Waals surface area contributed by atoms with Crippen molar-refractivity contribution in [2.45, 2.75) is 25.4 Å². The van der Waals surface area contributed by atoms with E-state index < -0.39 is 6.10 Å². The Morgan fingerprint density at radius 2 is 2.00 bits per heavy atom. The molecule has 0 aromatic heterocycles. The molecule has 0 radical (unpaired) electrons. The molecule has 0 aliphatic carbocycles. The monoisotopic (exact) mass is 196 g/mol. The number of hydrogen-bond acceptors (Lipinski definition) is 2. The van der Waals surface area contributed by atoms with Crippen LogP contribution in [0.3, 0.4) is 0 Å². The van der Waals surface area contributed by atoms with E-state index in [4.69, 9.17) is 10.2 Å². The quantitative estimate of drug-likeness (QED) is 0.507. The normalized spacial score (nSPS) is 13.7. The SMILES string of the molecule is OC[C@H](O)CCCCBr. The smallest absolute Gasteiger partial charge is 0.0770 e. The van der Waals surface area contributed by atoms with Crippen LogP contribution in [0.15, 0.2) is 0 Å². The second-order valence-electron chi connectivity index (χ2n) is 2.02. The summed E-state index contributed by atoms with van der Waals surface area (Å²) in [5, 5.41) is 18.2. The average Bonchev–Trinajstić information content (AvgIpc) is 1.89. The Bertz CT molecular complexity index is 59.0. The van der Waals surface area contributed by atoms with Crippen LogP contribution in [0, 0.1) is 0 Å². The standard InChI is InChI=1S/C6H13BrO2/c7-4-2-1-3-6(9)5-8/h6,8-9H,1-5H2/t6-/m1/s1. The number of halogens is 1. The van der Waals surface area contributed by atoms with E-state index in [2.05, 4.69) is 15.9 Å². The molecule has 0 aromatic rings. The number of rotatable bonds is 5. The van der Waals surface area contributed by atoms with Crippen molar-refractivity contribution in [1.29, 1.82) is 0 Å². The van der Waals surface area contributed by atoms with Crippen LogP contribution < -0.4 is 0 Å². The summed E-state index contributed by atoms with van der Waals surface area (Å²) < 4.78 is 0. The molecule has 2 N–H and O–H groups in total. The molecule has 0 saturated carbocycles. The van der Waals surface area contributed by atoms with Gasteiger partial charge in [0.2, 0.25) is 0 Å². The first-order valence-corrected chi connectivity index (χ1v) is 4.28. The predicted molar refractivity (Wildman–Crippen MR) is 40.7 cm³/mol. The summed E-state index contributed by atoms with van der Waals surface area (Å²) in [6, 6.07) is 0. The molecular formula is C6H13BrO2. The number of hydrogen-bond donors (Lipinski definition) is 2. The minimum absolute atomic E-state index is 0.109. The third kappa shape index (κ3) is 6.28. The lowest BCUT2D eigenvalue weighted by atomic mass is 10.2. The van der Waals surface area contributed by atoms with Crippen molar-refractivity contribution in [3.05, 3.63) is 0 Å². The molecule has 0 spiro atoms. The van der Waals surface area contributed by atoms with Crippen molar-refractivity contribution in [1.82, 2.24) is 0 Å². The molecule has 0 amide bonds. The summed E-state index contributed by atoms with van der Waals surface area (Å²) in [6.45, 7) is -0.109. The van der Waals surface area contributed by atoms with Crippen molar-refractivity contribution in [3.63, 3.8) is 0 Å². The Balaban J connectivity index is 2.88. The van der Waals surface area contributed by atoms with Crippen molar-refractivity contribution in [2.24, 2.45) is 0 Å². The Morgan fingerprint density at radius 3 is 2.44 bits per heavy atom. The van der Waals surface area contributed by atoms with Crippen molar-refractivity contribution >= 4 is 15.9 Å². The van der Waals surface area contributed by atoms with Crippen molar-refractivity contribution < 1.29 is 10.2 Å². The molecule has 0 rings (SSSR count). The van der Waals surface area contributed by atoms with Crippen LogP contribution in [0.25, 0.3) is 0 Å². The molecule has 0 unspecified atom stereocenters. The molecular weight excluding hydrogens is 184 g/mol. The molecule has 1 atom stereocenters. The second-order valence-corrected chi connectivity index (χ2v) is 2.81. The zero-order valence-corrected chi connectivity index (χ0v) is 6.97. The maximum Gasteiger partial charge on any atom is 0.0770 e. The highest BCUT2D eigenvalue weighted by molar-refractivity contribution is 9.09. The largest absolute Gasteiger partial charge is 0.394 e. The summed E-state index contributed by atoms with van der Waals surface area (Å²) >= 11 is 3.28. The van der Waals surface area contributed by atoms with Gasteiger partial charge in [0.25, 0.3) is 0 Å². The third-order valence-corrected chi connectivity index (χ3v) is 1.69. The Kier molecular flexibility index (Phi) is 6.81. The molecule has 0 bridgehead atoms. The van der Waals surface area contributed by atoms with E-state index in [0.717, 1.165) is 18.2 Å². The van der Waals surface area contributed by atoms with E-state index >= 15 is 0 Å². The van der Waals surface area contributed by atoms with Gasteiger partial charge in [-0.05, 0) is 19.3 Å². The zero-order valence-electron chi connectivity index (χ0n) is 5.39. The maximum absolute atomic E-state index is 8.82. The number of alkyl halides is 1.